The quantitative estimate of drug-likeness (QED) is 0.230. The Morgan fingerprint density at radius 2 is 1.84 bits per heavy atom. The van der Waals surface area contributed by atoms with E-state index in [4.69, 9.17) is 9.47 Å². The zero-order valence-corrected chi connectivity index (χ0v) is 21.3. The molecule has 0 bridgehead atoms. The second-order valence-corrected chi connectivity index (χ2v) is 9.53. The minimum absolute atomic E-state index is 0.0398. The number of nitrogens with one attached hydrogen (secondary N) is 1. The number of rotatable bonds is 4. The Morgan fingerprint density at radius 3 is 2.61 bits per heavy atom. The van der Waals surface area contributed by atoms with Gasteiger partial charge in [0.25, 0.3) is 11.7 Å². The predicted molar refractivity (Wildman–Crippen MR) is 146 cm³/mol. The number of hydrogen-bond acceptors (Lipinski definition) is 6. The SMILES string of the molecule is COc1ccc(N2C(=O)C(=O)/C(=C(/O)c3ccc4c(c3)N(C)CCO4)C2c2c(C)[nH]c3ccccc23)cc1. The number of aliphatic hydroxyl groups is 1. The van der Waals surface area contributed by atoms with E-state index in [-0.39, 0.29) is 11.3 Å². The third-order valence-corrected chi connectivity index (χ3v) is 7.34. The lowest BCUT2D eigenvalue weighted by Crippen LogP contribution is -2.29. The number of fused-ring (bicyclic) bond motifs is 2. The molecule has 6 rings (SSSR count). The molecule has 1 unspecified atom stereocenters. The van der Waals surface area contributed by atoms with Crippen LogP contribution in [0.3, 0.4) is 0 Å². The fraction of sp³-hybridized carbons (Fsp3) is 0.200. The van der Waals surface area contributed by atoms with E-state index < -0.39 is 17.7 Å². The largest absolute Gasteiger partial charge is 0.507 e. The van der Waals surface area contributed by atoms with E-state index in [1.54, 1.807) is 49.6 Å². The molecule has 1 aromatic heterocycles. The van der Waals surface area contributed by atoms with Gasteiger partial charge in [0, 0.05) is 40.5 Å². The Bertz CT molecular complexity index is 1620. The van der Waals surface area contributed by atoms with Crippen LogP contribution in [0.1, 0.15) is 22.9 Å². The molecule has 38 heavy (non-hydrogen) atoms. The normalized spacial score (nSPS) is 18.6. The lowest BCUT2D eigenvalue weighted by molar-refractivity contribution is -0.132. The molecule has 2 aliphatic rings. The van der Waals surface area contributed by atoms with Crippen LogP contribution in [-0.2, 0) is 9.59 Å². The number of nitrogens with zero attached hydrogens (tertiary/aromatic N) is 2. The van der Waals surface area contributed by atoms with E-state index in [1.807, 2.05) is 43.1 Å². The molecule has 4 aromatic rings. The lowest BCUT2D eigenvalue weighted by Gasteiger charge is -2.28. The third-order valence-electron chi connectivity index (χ3n) is 7.34. The number of para-hydroxylation sites is 1. The van der Waals surface area contributed by atoms with E-state index >= 15 is 0 Å². The van der Waals surface area contributed by atoms with Crippen molar-refractivity contribution < 1.29 is 24.2 Å². The van der Waals surface area contributed by atoms with Crippen molar-refractivity contribution in [1.29, 1.82) is 0 Å². The van der Waals surface area contributed by atoms with Gasteiger partial charge in [-0.05, 0) is 55.5 Å². The zero-order chi connectivity index (χ0) is 26.6. The van der Waals surface area contributed by atoms with Gasteiger partial charge < -0.3 is 24.5 Å². The van der Waals surface area contributed by atoms with Crippen LogP contribution in [0.4, 0.5) is 11.4 Å². The number of anilines is 2. The smallest absolute Gasteiger partial charge is 0.300 e. The molecule has 0 radical (unpaired) electrons. The third kappa shape index (κ3) is 3.60. The Balaban J connectivity index is 1.59. The van der Waals surface area contributed by atoms with Crippen LogP contribution in [0.15, 0.2) is 72.3 Å². The first kappa shape index (κ1) is 23.7. The van der Waals surface area contributed by atoms with Gasteiger partial charge >= 0.3 is 0 Å². The molecule has 1 saturated heterocycles. The Kier molecular flexibility index (Phi) is 5.60. The van der Waals surface area contributed by atoms with E-state index in [2.05, 4.69) is 4.98 Å². The van der Waals surface area contributed by atoms with Crippen LogP contribution in [0.25, 0.3) is 16.7 Å². The van der Waals surface area contributed by atoms with E-state index in [0.29, 0.717) is 35.9 Å². The van der Waals surface area contributed by atoms with Gasteiger partial charge in [0.1, 0.15) is 23.9 Å². The first-order valence-corrected chi connectivity index (χ1v) is 12.4. The number of ether oxygens (including phenoxy) is 2. The number of aliphatic hydroxyl groups excluding tert-OH is 1. The molecule has 1 atom stereocenters. The maximum absolute atomic E-state index is 13.7. The van der Waals surface area contributed by atoms with E-state index in [0.717, 1.165) is 27.8 Å². The van der Waals surface area contributed by atoms with Gasteiger partial charge in [-0.2, -0.15) is 0 Å². The topological polar surface area (TPSA) is 95.1 Å². The van der Waals surface area contributed by atoms with Crippen LogP contribution in [0.2, 0.25) is 0 Å². The number of benzene rings is 3. The Hall–Kier alpha value is -4.72. The number of aromatic nitrogens is 1. The molecule has 3 aromatic carbocycles. The highest BCUT2D eigenvalue weighted by Crippen LogP contribution is 2.46. The van der Waals surface area contributed by atoms with Gasteiger partial charge in [-0.15, -0.1) is 0 Å². The van der Waals surface area contributed by atoms with Gasteiger partial charge in [0.05, 0.1) is 31.0 Å². The summed E-state index contributed by atoms with van der Waals surface area (Å²) in [6.45, 7) is 3.18. The van der Waals surface area contributed by atoms with Crippen LogP contribution in [0.5, 0.6) is 11.5 Å². The number of likely N-dealkylation sites (N-methyl/N-ethyl adjacent to an activating group) is 1. The number of aromatic amines is 1. The fourth-order valence-electron chi connectivity index (χ4n) is 5.42. The molecule has 0 aliphatic carbocycles. The number of H-pyrrole nitrogens is 1. The van der Waals surface area contributed by atoms with E-state index in [1.165, 1.54) is 4.90 Å². The molecular weight excluding hydrogens is 482 g/mol. The molecule has 1 amide bonds. The van der Waals surface area contributed by atoms with Crippen molar-refractivity contribution in [1.82, 2.24) is 4.98 Å². The van der Waals surface area contributed by atoms with Crippen LogP contribution in [0, 0.1) is 6.92 Å². The van der Waals surface area contributed by atoms with Gasteiger partial charge in [0.2, 0.25) is 0 Å². The number of aryl methyl sites for hydroxylation is 1. The lowest BCUT2D eigenvalue weighted by atomic mass is 9.93. The first-order chi connectivity index (χ1) is 18.4. The van der Waals surface area contributed by atoms with Crippen LogP contribution >= 0.6 is 0 Å². The maximum Gasteiger partial charge on any atom is 0.300 e. The van der Waals surface area contributed by atoms with Crippen molar-refractivity contribution in [2.45, 2.75) is 13.0 Å². The van der Waals surface area contributed by atoms with Crippen molar-refractivity contribution in [2.24, 2.45) is 0 Å². The summed E-state index contributed by atoms with van der Waals surface area (Å²) in [4.78, 5) is 34.1. The van der Waals surface area contributed by atoms with Crippen molar-refractivity contribution >= 4 is 39.7 Å². The molecule has 3 heterocycles. The van der Waals surface area contributed by atoms with Crippen LogP contribution in [-0.4, -0.2) is 49.1 Å². The highest BCUT2D eigenvalue weighted by molar-refractivity contribution is 6.52. The number of methoxy groups -OCH3 is 1. The number of amides is 1. The summed E-state index contributed by atoms with van der Waals surface area (Å²) in [6.07, 6.45) is 0. The van der Waals surface area contributed by atoms with E-state index in [9.17, 15) is 14.7 Å². The van der Waals surface area contributed by atoms with Crippen molar-refractivity contribution in [3.05, 3.63) is 89.1 Å². The van der Waals surface area contributed by atoms with Gasteiger partial charge in [-0.3, -0.25) is 14.5 Å². The number of ketones is 1. The number of hydrogen-bond donors (Lipinski definition) is 2. The monoisotopic (exact) mass is 509 g/mol. The van der Waals surface area contributed by atoms with Gasteiger partial charge in [-0.1, -0.05) is 18.2 Å². The molecule has 0 saturated carbocycles. The number of carbonyl (C=O) groups is 2. The molecule has 8 nitrogen and oxygen atoms in total. The zero-order valence-electron chi connectivity index (χ0n) is 21.3. The molecule has 1 fully saturated rings. The maximum atomic E-state index is 13.7. The van der Waals surface area contributed by atoms with Gasteiger partial charge in [0.15, 0.2) is 0 Å². The van der Waals surface area contributed by atoms with Crippen LogP contribution < -0.4 is 19.3 Å². The van der Waals surface area contributed by atoms with Crippen molar-refractivity contribution in [2.75, 3.05) is 37.1 Å². The summed E-state index contributed by atoms with van der Waals surface area (Å²) < 4.78 is 11.0. The summed E-state index contributed by atoms with van der Waals surface area (Å²) in [6, 6.07) is 19.2. The molecule has 192 valence electrons. The molecular formula is C30H27N3O5. The summed E-state index contributed by atoms with van der Waals surface area (Å²) in [7, 11) is 3.51. The second-order valence-electron chi connectivity index (χ2n) is 9.53. The summed E-state index contributed by atoms with van der Waals surface area (Å²) in [5.74, 6) is -0.334. The Labute approximate surface area is 219 Å². The minimum atomic E-state index is -0.843. The molecule has 0 spiro atoms. The molecule has 8 heteroatoms. The molecule has 2 N–H and O–H groups in total. The summed E-state index contributed by atoms with van der Waals surface area (Å²) >= 11 is 0. The second kappa shape index (κ2) is 8.99. The fourth-order valence-corrected chi connectivity index (χ4v) is 5.42. The highest BCUT2D eigenvalue weighted by Gasteiger charge is 2.48. The van der Waals surface area contributed by atoms with Crippen molar-refractivity contribution in [3.63, 3.8) is 0 Å². The first-order valence-electron chi connectivity index (χ1n) is 12.4. The number of Topliss-reactive ketones (excluding diaryl/α,β-unsaturated/α-hetero) is 1. The average Bonchev–Trinajstić information content (AvgIpc) is 3.40. The molecule has 2 aliphatic heterocycles. The summed E-state index contributed by atoms with van der Waals surface area (Å²) in [5.41, 5.74) is 4.27. The average molecular weight is 510 g/mol. The number of carbonyl (C=O) groups excluding carboxylic acids is 2. The minimum Gasteiger partial charge on any atom is -0.507 e. The van der Waals surface area contributed by atoms with Gasteiger partial charge in [-0.25, -0.2) is 0 Å². The van der Waals surface area contributed by atoms with Crippen molar-refractivity contribution in [3.8, 4) is 11.5 Å². The summed E-state index contributed by atoms with van der Waals surface area (Å²) in [5, 5.41) is 12.5. The standard InChI is InChI=1S/C30H27N3O5/c1-17-25(21-6-4-5-7-22(21)31-17)27-26(28(34)18-8-13-24-23(16-18)32(2)14-15-38-24)29(35)30(36)33(27)19-9-11-20(37-3)12-10-19/h4-13,16,27,31,34H,14-15H2,1-3H3/b28-26+. The predicted octanol–water partition coefficient (Wildman–Crippen LogP) is 4.94. The highest BCUT2D eigenvalue weighted by atomic mass is 16.5. The Morgan fingerprint density at radius 1 is 1.08 bits per heavy atom.